The van der Waals surface area contributed by atoms with Gasteiger partial charge in [-0.1, -0.05) is 31.0 Å². The summed E-state index contributed by atoms with van der Waals surface area (Å²) < 4.78 is 0. The molecule has 22 heavy (non-hydrogen) atoms. The summed E-state index contributed by atoms with van der Waals surface area (Å²) in [6.45, 7) is 0.654. The molecule has 3 rings (SSSR count). The Morgan fingerprint density at radius 1 is 1.23 bits per heavy atom. The molecule has 5 heteroatoms. The standard InChI is InChI=1S/C17H22N2O3/c20-15(11-17(22)8-3-4-9-17)18-12-16(21)19-10-7-13-5-1-2-6-14(13)19/h1-2,5-6,22H,3-4,7-12H2,(H,18,20). The number of para-hydroxylation sites is 1. The summed E-state index contributed by atoms with van der Waals surface area (Å²) in [5.41, 5.74) is 1.24. The van der Waals surface area contributed by atoms with Gasteiger partial charge in [0, 0.05) is 12.2 Å². The van der Waals surface area contributed by atoms with Crippen molar-refractivity contribution in [2.45, 2.75) is 44.1 Å². The maximum atomic E-state index is 12.3. The van der Waals surface area contributed by atoms with Gasteiger partial charge >= 0.3 is 0 Å². The molecule has 2 aliphatic rings. The third-order valence-corrected chi connectivity index (χ3v) is 4.65. The summed E-state index contributed by atoms with van der Waals surface area (Å²) in [5.74, 6) is -0.345. The Hall–Kier alpha value is -1.88. The maximum absolute atomic E-state index is 12.3. The van der Waals surface area contributed by atoms with Crippen LogP contribution < -0.4 is 10.2 Å². The molecule has 0 spiro atoms. The zero-order valence-electron chi connectivity index (χ0n) is 12.7. The summed E-state index contributed by atoms with van der Waals surface area (Å²) in [5, 5.41) is 12.9. The van der Waals surface area contributed by atoms with Gasteiger partial charge in [0.2, 0.25) is 11.8 Å². The highest BCUT2D eigenvalue weighted by molar-refractivity contribution is 5.98. The highest BCUT2D eigenvalue weighted by Crippen LogP contribution is 2.32. The van der Waals surface area contributed by atoms with Crippen LogP contribution in [0.4, 0.5) is 5.69 Å². The quantitative estimate of drug-likeness (QED) is 0.883. The number of benzene rings is 1. The van der Waals surface area contributed by atoms with E-state index in [1.54, 1.807) is 4.90 Å². The van der Waals surface area contributed by atoms with Crippen LogP contribution >= 0.6 is 0 Å². The maximum Gasteiger partial charge on any atom is 0.246 e. The van der Waals surface area contributed by atoms with Crippen molar-refractivity contribution in [1.29, 1.82) is 0 Å². The third kappa shape index (κ3) is 3.14. The fraction of sp³-hybridized carbons (Fsp3) is 0.529. The fourth-order valence-electron chi connectivity index (χ4n) is 3.44. The van der Waals surface area contributed by atoms with E-state index in [9.17, 15) is 14.7 Å². The van der Waals surface area contributed by atoms with E-state index < -0.39 is 5.60 Å². The summed E-state index contributed by atoms with van der Waals surface area (Å²) in [6, 6.07) is 7.84. The topological polar surface area (TPSA) is 69.6 Å². The molecule has 1 heterocycles. The van der Waals surface area contributed by atoms with Gasteiger partial charge in [-0.15, -0.1) is 0 Å². The lowest BCUT2D eigenvalue weighted by molar-refractivity contribution is -0.128. The molecule has 0 aromatic heterocycles. The number of anilines is 1. The minimum absolute atomic E-state index is 0.0107. The first-order valence-corrected chi connectivity index (χ1v) is 7.95. The molecule has 1 aliphatic carbocycles. The second-order valence-electron chi connectivity index (χ2n) is 6.31. The molecule has 1 saturated carbocycles. The van der Waals surface area contributed by atoms with Crippen molar-refractivity contribution in [1.82, 2.24) is 5.32 Å². The van der Waals surface area contributed by atoms with Crippen LogP contribution in [0, 0.1) is 0 Å². The lowest BCUT2D eigenvalue weighted by Gasteiger charge is -2.22. The Kier molecular flexibility index (Phi) is 4.16. The van der Waals surface area contributed by atoms with Gasteiger partial charge in [-0.2, -0.15) is 0 Å². The Morgan fingerprint density at radius 2 is 1.95 bits per heavy atom. The minimum atomic E-state index is -0.868. The van der Waals surface area contributed by atoms with E-state index >= 15 is 0 Å². The second kappa shape index (κ2) is 6.08. The van der Waals surface area contributed by atoms with Crippen LogP contribution in [0.3, 0.4) is 0 Å². The van der Waals surface area contributed by atoms with Crippen molar-refractivity contribution in [2.24, 2.45) is 0 Å². The van der Waals surface area contributed by atoms with Gasteiger partial charge < -0.3 is 15.3 Å². The fourth-order valence-corrected chi connectivity index (χ4v) is 3.44. The Bertz CT molecular complexity index is 579. The van der Waals surface area contributed by atoms with Gasteiger partial charge in [-0.25, -0.2) is 0 Å². The Morgan fingerprint density at radius 3 is 2.73 bits per heavy atom. The number of hydrogen-bond donors (Lipinski definition) is 2. The smallest absolute Gasteiger partial charge is 0.246 e. The number of hydrogen-bond acceptors (Lipinski definition) is 3. The molecule has 118 valence electrons. The molecule has 1 aromatic rings. The molecule has 2 N–H and O–H groups in total. The van der Waals surface area contributed by atoms with Crippen molar-refractivity contribution >= 4 is 17.5 Å². The van der Waals surface area contributed by atoms with E-state index in [1.165, 1.54) is 5.56 Å². The number of amides is 2. The van der Waals surface area contributed by atoms with E-state index in [4.69, 9.17) is 0 Å². The highest BCUT2D eigenvalue weighted by Gasteiger charge is 2.33. The first kappa shape index (κ1) is 15.0. The minimum Gasteiger partial charge on any atom is -0.389 e. The van der Waals surface area contributed by atoms with Crippen molar-refractivity contribution in [2.75, 3.05) is 18.0 Å². The van der Waals surface area contributed by atoms with Crippen LogP contribution in [0.2, 0.25) is 0 Å². The number of fused-ring (bicyclic) bond motifs is 1. The Balaban J connectivity index is 1.52. The van der Waals surface area contributed by atoms with Crippen molar-refractivity contribution in [3.8, 4) is 0 Å². The number of nitrogens with zero attached hydrogens (tertiary/aromatic N) is 1. The number of nitrogens with one attached hydrogen (secondary N) is 1. The Labute approximate surface area is 130 Å². The zero-order valence-corrected chi connectivity index (χ0v) is 12.7. The molecule has 2 amide bonds. The van der Waals surface area contributed by atoms with E-state index in [0.717, 1.165) is 24.9 Å². The molecule has 5 nitrogen and oxygen atoms in total. The first-order valence-electron chi connectivity index (χ1n) is 7.95. The number of rotatable bonds is 4. The summed E-state index contributed by atoms with van der Waals surface area (Å²) >= 11 is 0. The molecule has 0 radical (unpaired) electrons. The number of carbonyl (C=O) groups is 2. The van der Waals surface area contributed by atoms with Gasteiger partial charge in [-0.05, 0) is 30.9 Å². The summed E-state index contributed by atoms with van der Waals surface area (Å²) in [7, 11) is 0. The lowest BCUT2D eigenvalue weighted by atomic mass is 9.98. The van der Waals surface area contributed by atoms with E-state index in [2.05, 4.69) is 5.32 Å². The molecule has 1 aliphatic heterocycles. The predicted octanol–water partition coefficient (Wildman–Crippen LogP) is 1.39. The normalized spacial score (nSPS) is 19.0. The summed E-state index contributed by atoms with van der Waals surface area (Å²) in [6.07, 6.45) is 4.23. The van der Waals surface area contributed by atoms with Gasteiger partial charge in [0.1, 0.15) is 0 Å². The average molecular weight is 302 g/mol. The predicted molar refractivity (Wildman–Crippen MR) is 83.5 cm³/mol. The monoisotopic (exact) mass is 302 g/mol. The molecule has 1 fully saturated rings. The van der Waals surface area contributed by atoms with E-state index in [1.807, 2.05) is 24.3 Å². The van der Waals surface area contributed by atoms with Crippen LogP contribution in [0.15, 0.2) is 24.3 Å². The molecular weight excluding hydrogens is 280 g/mol. The molecule has 0 unspecified atom stereocenters. The van der Waals surface area contributed by atoms with Gasteiger partial charge in [0.15, 0.2) is 0 Å². The molecule has 1 aromatic carbocycles. The van der Waals surface area contributed by atoms with Gasteiger partial charge in [0.25, 0.3) is 0 Å². The lowest BCUT2D eigenvalue weighted by Crippen LogP contribution is -2.41. The average Bonchev–Trinajstić information content (AvgIpc) is 3.11. The van der Waals surface area contributed by atoms with Crippen molar-refractivity contribution < 1.29 is 14.7 Å². The van der Waals surface area contributed by atoms with Crippen LogP contribution in [0.1, 0.15) is 37.7 Å². The second-order valence-corrected chi connectivity index (χ2v) is 6.31. The van der Waals surface area contributed by atoms with Crippen LogP contribution in [-0.2, 0) is 16.0 Å². The van der Waals surface area contributed by atoms with E-state index in [0.29, 0.717) is 19.4 Å². The molecule has 0 atom stereocenters. The third-order valence-electron chi connectivity index (χ3n) is 4.65. The van der Waals surface area contributed by atoms with E-state index in [-0.39, 0.29) is 24.8 Å². The summed E-state index contributed by atoms with van der Waals surface area (Å²) in [4.78, 5) is 25.9. The SMILES string of the molecule is O=C(CC1(O)CCCC1)NCC(=O)N1CCc2ccccc21. The zero-order chi connectivity index (χ0) is 15.6. The number of carbonyl (C=O) groups excluding carboxylic acids is 2. The van der Waals surface area contributed by atoms with Crippen LogP contribution in [-0.4, -0.2) is 35.6 Å². The number of aliphatic hydroxyl groups is 1. The molecule has 0 bridgehead atoms. The molecule has 0 saturated heterocycles. The molecular formula is C17H22N2O3. The first-order chi connectivity index (χ1) is 10.6. The van der Waals surface area contributed by atoms with Crippen molar-refractivity contribution in [3.63, 3.8) is 0 Å². The van der Waals surface area contributed by atoms with Crippen LogP contribution in [0.25, 0.3) is 0 Å². The van der Waals surface area contributed by atoms with Crippen molar-refractivity contribution in [3.05, 3.63) is 29.8 Å². The largest absolute Gasteiger partial charge is 0.389 e. The highest BCUT2D eigenvalue weighted by atomic mass is 16.3. The van der Waals surface area contributed by atoms with Crippen LogP contribution in [0.5, 0.6) is 0 Å². The van der Waals surface area contributed by atoms with Gasteiger partial charge in [0.05, 0.1) is 18.6 Å². The van der Waals surface area contributed by atoms with Gasteiger partial charge in [-0.3, -0.25) is 9.59 Å².